The fraction of sp³-hybridized carbons (Fsp3) is 0.312. The predicted molar refractivity (Wildman–Crippen MR) is 77.4 cm³/mol. The van der Waals surface area contributed by atoms with Crippen LogP contribution >= 0.6 is 0 Å². The van der Waals surface area contributed by atoms with Gasteiger partial charge in [0.25, 0.3) is 0 Å². The zero-order valence-electron chi connectivity index (χ0n) is 11.8. The monoisotopic (exact) mass is 273 g/mol. The summed E-state index contributed by atoms with van der Waals surface area (Å²) in [6, 6.07) is 13.1. The van der Waals surface area contributed by atoms with Crippen molar-refractivity contribution < 1.29 is 14.2 Å². The smallest absolute Gasteiger partial charge is 0.213 e. The second-order valence-electron chi connectivity index (χ2n) is 4.50. The Morgan fingerprint density at radius 2 is 1.60 bits per heavy atom. The van der Waals surface area contributed by atoms with Crippen molar-refractivity contribution in [1.29, 1.82) is 0 Å². The summed E-state index contributed by atoms with van der Waals surface area (Å²) in [4.78, 5) is 4.07. The van der Waals surface area contributed by atoms with Crippen LogP contribution < -0.4 is 14.2 Å². The van der Waals surface area contributed by atoms with Crippen LogP contribution in [0.2, 0.25) is 0 Å². The molecule has 0 saturated carbocycles. The molecule has 4 nitrogen and oxygen atoms in total. The quantitative estimate of drug-likeness (QED) is 0.726. The van der Waals surface area contributed by atoms with Crippen molar-refractivity contribution in [3.05, 3.63) is 48.7 Å². The number of nitrogens with zero attached hydrogens (tertiary/aromatic N) is 1. The maximum Gasteiger partial charge on any atom is 0.213 e. The average molecular weight is 273 g/mol. The summed E-state index contributed by atoms with van der Waals surface area (Å²) in [5.74, 6) is 2.25. The van der Waals surface area contributed by atoms with E-state index in [-0.39, 0.29) is 6.10 Å². The molecule has 106 valence electrons. The molecule has 1 aromatic carbocycles. The van der Waals surface area contributed by atoms with Crippen LogP contribution in [-0.2, 0) is 0 Å². The Morgan fingerprint density at radius 1 is 0.900 bits per heavy atom. The highest BCUT2D eigenvalue weighted by Gasteiger charge is 1.99. The van der Waals surface area contributed by atoms with Gasteiger partial charge in [0.2, 0.25) is 5.88 Å². The lowest BCUT2D eigenvalue weighted by molar-refractivity contribution is 0.211. The molecule has 1 heterocycles. The molecule has 0 amide bonds. The highest BCUT2D eigenvalue weighted by Crippen LogP contribution is 2.18. The fourth-order valence-corrected chi connectivity index (χ4v) is 1.62. The first-order valence-corrected chi connectivity index (χ1v) is 6.67. The summed E-state index contributed by atoms with van der Waals surface area (Å²) >= 11 is 0. The van der Waals surface area contributed by atoms with Crippen LogP contribution in [0, 0.1) is 0 Å². The fourth-order valence-electron chi connectivity index (χ4n) is 1.62. The summed E-state index contributed by atoms with van der Waals surface area (Å²) in [7, 11) is 0. The van der Waals surface area contributed by atoms with Gasteiger partial charge in [-0.1, -0.05) is 6.07 Å². The van der Waals surface area contributed by atoms with Gasteiger partial charge < -0.3 is 14.2 Å². The minimum Gasteiger partial charge on any atom is -0.491 e. The molecule has 0 spiro atoms. The number of ether oxygens (including phenoxy) is 3. The van der Waals surface area contributed by atoms with Crippen LogP contribution in [0.5, 0.6) is 17.4 Å². The molecule has 0 fully saturated rings. The van der Waals surface area contributed by atoms with Gasteiger partial charge in [0.15, 0.2) is 0 Å². The number of aromatic nitrogens is 1. The predicted octanol–water partition coefficient (Wildman–Crippen LogP) is 3.33. The Labute approximate surface area is 119 Å². The van der Waals surface area contributed by atoms with Gasteiger partial charge in [0.05, 0.1) is 6.10 Å². The van der Waals surface area contributed by atoms with Gasteiger partial charge in [-0.25, -0.2) is 4.98 Å². The van der Waals surface area contributed by atoms with Crippen molar-refractivity contribution in [2.24, 2.45) is 0 Å². The van der Waals surface area contributed by atoms with Gasteiger partial charge in [-0.05, 0) is 44.2 Å². The molecular formula is C16H19NO3. The Balaban J connectivity index is 1.71. The number of rotatable bonds is 7. The standard InChI is InChI=1S/C16H19NO3/c1-13(2)20-15-8-6-14(7-9-15)18-11-12-19-16-5-3-4-10-17-16/h3-10,13H,11-12H2,1-2H3. The van der Waals surface area contributed by atoms with E-state index in [1.165, 1.54) is 0 Å². The zero-order chi connectivity index (χ0) is 14.2. The number of hydrogen-bond acceptors (Lipinski definition) is 4. The molecule has 0 aliphatic carbocycles. The Kier molecular flexibility index (Phi) is 5.24. The van der Waals surface area contributed by atoms with Crippen LogP contribution in [0.1, 0.15) is 13.8 Å². The normalized spacial score (nSPS) is 10.3. The van der Waals surface area contributed by atoms with Crippen LogP contribution in [0.3, 0.4) is 0 Å². The Bertz CT molecular complexity index is 497. The molecule has 0 radical (unpaired) electrons. The van der Waals surface area contributed by atoms with Gasteiger partial charge >= 0.3 is 0 Å². The molecule has 2 rings (SSSR count). The van der Waals surface area contributed by atoms with Crippen LogP contribution in [0.15, 0.2) is 48.7 Å². The van der Waals surface area contributed by atoms with E-state index in [1.54, 1.807) is 6.20 Å². The van der Waals surface area contributed by atoms with Gasteiger partial charge in [-0.3, -0.25) is 0 Å². The largest absolute Gasteiger partial charge is 0.491 e. The third kappa shape index (κ3) is 4.80. The first-order chi connectivity index (χ1) is 9.74. The maximum absolute atomic E-state index is 5.58. The summed E-state index contributed by atoms with van der Waals surface area (Å²) in [6.07, 6.45) is 1.87. The topological polar surface area (TPSA) is 40.6 Å². The van der Waals surface area contributed by atoms with E-state index in [0.717, 1.165) is 11.5 Å². The lowest BCUT2D eigenvalue weighted by atomic mass is 10.3. The van der Waals surface area contributed by atoms with Crippen molar-refractivity contribution in [3.63, 3.8) is 0 Å². The van der Waals surface area contributed by atoms with Gasteiger partial charge in [0, 0.05) is 12.3 Å². The summed E-state index contributed by atoms with van der Waals surface area (Å²) in [5.41, 5.74) is 0. The number of pyridine rings is 1. The molecule has 0 bridgehead atoms. The molecule has 0 aliphatic heterocycles. The Morgan fingerprint density at radius 3 is 2.25 bits per heavy atom. The molecule has 2 aromatic rings. The molecule has 0 unspecified atom stereocenters. The molecule has 0 aliphatic rings. The van der Waals surface area contributed by atoms with Crippen LogP contribution in [0.25, 0.3) is 0 Å². The molecule has 0 atom stereocenters. The molecule has 1 aromatic heterocycles. The van der Waals surface area contributed by atoms with E-state index in [9.17, 15) is 0 Å². The van der Waals surface area contributed by atoms with E-state index in [0.29, 0.717) is 19.1 Å². The highest BCUT2D eigenvalue weighted by molar-refractivity contribution is 5.31. The minimum absolute atomic E-state index is 0.175. The van der Waals surface area contributed by atoms with E-state index < -0.39 is 0 Å². The first-order valence-electron chi connectivity index (χ1n) is 6.67. The van der Waals surface area contributed by atoms with E-state index in [1.807, 2.05) is 56.3 Å². The van der Waals surface area contributed by atoms with Crippen molar-refractivity contribution >= 4 is 0 Å². The molecule has 20 heavy (non-hydrogen) atoms. The van der Waals surface area contributed by atoms with Crippen molar-refractivity contribution in [2.45, 2.75) is 20.0 Å². The van der Waals surface area contributed by atoms with Crippen molar-refractivity contribution in [1.82, 2.24) is 4.98 Å². The first kappa shape index (κ1) is 14.2. The van der Waals surface area contributed by atoms with E-state index >= 15 is 0 Å². The zero-order valence-corrected chi connectivity index (χ0v) is 11.8. The molecule has 0 N–H and O–H groups in total. The van der Waals surface area contributed by atoms with Crippen LogP contribution in [-0.4, -0.2) is 24.3 Å². The van der Waals surface area contributed by atoms with Gasteiger partial charge in [0.1, 0.15) is 24.7 Å². The van der Waals surface area contributed by atoms with E-state index in [4.69, 9.17) is 14.2 Å². The minimum atomic E-state index is 0.175. The van der Waals surface area contributed by atoms with E-state index in [2.05, 4.69) is 4.98 Å². The van der Waals surface area contributed by atoms with Gasteiger partial charge in [-0.15, -0.1) is 0 Å². The average Bonchev–Trinajstić information content (AvgIpc) is 2.46. The summed E-state index contributed by atoms with van der Waals surface area (Å²) in [5, 5.41) is 0. The van der Waals surface area contributed by atoms with Crippen molar-refractivity contribution in [2.75, 3.05) is 13.2 Å². The van der Waals surface area contributed by atoms with Crippen molar-refractivity contribution in [3.8, 4) is 17.4 Å². The lowest BCUT2D eigenvalue weighted by Crippen LogP contribution is -2.09. The number of hydrogen-bond donors (Lipinski definition) is 0. The third-order valence-electron chi connectivity index (χ3n) is 2.44. The lowest BCUT2D eigenvalue weighted by Gasteiger charge is -2.11. The SMILES string of the molecule is CC(C)Oc1ccc(OCCOc2ccccn2)cc1. The van der Waals surface area contributed by atoms with Gasteiger partial charge in [-0.2, -0.15) is 0 Å². The maximum atomic E-state index is 5.58. The van der Waals surface area contributed by atoms with Crippen LogP contribution in [0.4, 0.5) is 0 Å². The second-order valence-corrected chi connectivity index (χ2v) is 4.50. The third-order valence-corrected chi connectivity index (χ3v) is 2.44. The second kappa shape index (κ2) is 7.38. The summed E-state index contributed by atoms with van der Waals surface area (Å²) < 4.78 is 16.6. The molecular weight excluding hydrogens is 254 g/mol. The molecule has 4 heteroatoms. The highest BCUT2D eigenvalue weighted by atomic mass is 16.5. The molecule has 0 saturated heterocycles. The number of benzene rings is 1. The Hall–Kier alpha value is -2.23. The summed E-state index contributed by atoms with van der Waals surface area (Å²) in [6.45, 7) is 4.93.